The van der Waals surface area contributed by atoms with E-state index in [0.29, 0.717) is 23.1 Å². The van der Waals surface area contributed by atoms with Crippen LogP contribution in [0.2, 0.25) is 0 Å². The number of aliphatic hydroxyl groups excluding tert-OH is 1. The van der Waals surface area contributed by atoms with Crippen LogP contribution in [0.5, 0.6) is 0 Å². The fourth-order valence-electron chi connectivity index (χ4n) is 3.18. The van der Waals surface area contributed by atoms with Crippen molar-refractivity contribution in [2.45, 2.75) is 19.0 Å². The lowest BCUT2D eigenvalue weighted by molar-refractivity contribution is -0.140. The molecule has 3 aromatic rings. The highest BCUT2D eigenvalue weighted by molar-refractivity contribution is 5.96. The molecule has 0 saturated heterocycles. The maximum absolute atomic E-state index is 12.4. The zero-order chi connectivity index (χ0) is 24.0. The van der Waals surface area contributed by atoms with Crippen LogP contribution in [0.1, 0.15) is 22.3 Å². The molecule has 12 heteroatoms. The van der Waals surface area contributed by atoms with Crippen LogP contribution in [0.25, 0.3) is 11.0 Å². The van der Waals surface area contributed by atoms with Gasteiger partial charge in [0.15, 0.2) is 5.65 Å². The van der Waals surface area contributed by atoms with Gasteiger partial charge in [0.1, 0.15) is 18.7 Å². The van der Waals surface area contributed by atoms with E-state index in [4.69, 9.17) is 21.3 Å². The zero-order valence-electron chi connectivity index (χ0n) is 17.9. The maximum Gasteiger partial charge on any atom is 0.326 e. The van der Waals surface area contributed by atoms with Gasteiger partial charge in [0.2, 0.25) is 5.95 Å². The van der Waals surface area contributed by atoms with E-state index in [2.05, 4.69) is 20.3 Å². The Hall–Kier alpha value is -4.03. The zero-order valence-corrected chi connectivity index (χ0v) is 17.9. The van der Waals surface area contributed by atoms with Crippen LogP contribution in [-0.4, -0.2) is 63.5 Å². The number of carbonyl (C=O) groups is 2. The number of aromatic nitrogens is 3. The molecule has 0 saturated carbocycles. The van der Waals surface area contributed by atoms with E-state index in [1.54, 1.807) is 30.5 Å². The summed E-state index contributed by atoms with van der Waals surface area (Å²) in [5, 5.41) is 20.9. The van der Waals surface area contributed by atoms with Gasteiger partial charge in [-0.2, -0.15) is 9.97 Å². The molecule has 0 aliphatic heterocycles. The number of carboxylic acid groups (broad SMARTS) is 1. The first kappa shape index (κ1) is 23.6. The molecule has 0 fully saturated rings. The number of carbonyl (C=O) groups excluding carboxylic acids is 1. The number of aliphatic hydroxyl groups is 1. The van der Waals surface area contributed by atoms with Crippen LogP contribution in [0.3, 0.4) is 0 Å². The summed E-state index contributed by atoms with van der Waals surface area (Å²) in [6, 6.07) is 7.45. The molecule has 0 aliphatic rings. The molecule has 12 nitrogen and oxygen atoms in total. The quantitative estimate of drug-likeness (QED) is 0.210. The second kappa shape index (κ2) is 10.5. The number of hydrogen-bond donors (Lipinski definition) is 5. The number of hydrogen-bond acceptors (Lipinski definition) is 10. The van der Waals surface area contributed by atoms with E-state index >= 15 is 0 Å². The summed E-state index contributed by atoms with van der Waals surface area (Å²) >= 11 is 0. The second-order valence-electron chi connectivity index (χ2n) is 7.28. The van der Waals surface area contributed by atoms with Crippen molar-refractivity contribution in [2.24, 2.45) is 0 Å². The molecule has 0 radical (unpaired) electrons. The van der Waals surface area contributed by atoms with Crippen LogP contribution in [0.4, 0.5) is 17.5 Å². The van der Waals surface area contributed by atoms with E-state index in [-0.39, 0.29) is 24.8 Å². The van der Waals surface area contributed by atoms with Crippen molar-refractivity contribution < 1.29 is 24.5 Å². The summed E-state index contributed by atoms with van der Waals surface area (Å²) in [6.07, 6.45) is 1.71. The van der Waals surface area contributed by atoms with Crippen LogP contribution in [0.15, 0.2) is 36.5 Å². The van der Waals surface area contributed by atoms with Crippen LogP contribution in [-0.2, 0) is 16.1 Å². The van der Waals surface area contributed by atoms with Crippen LogP contribution < -0.4 is 21.7 Å². The van der Waals surface area contributed by atoms with Crippen molar-refractivity contribution in [3.8, 4) is 0 Å². The average Bonchev–Trinajstić information content (AvgIpc) is 2.78. The van der Waals surface area contributed by atoms with Gasteiger partial charge in [-0.25, -0.2) is 9.78 Å². The third-order valence-corrected chi connectivity index (χ3v) is 4.89. The molecule has 174 valence electrons. The summed E-state index contributed by atoms with van der Waals surface area (Å²) in [7, 11) is 1.88. The standard InChI is InChI=1S/C21H25N7O5/c1-28(10-12-8-15-17(22)26-21(23)27-18(15)24-9-12)14-4-2-13(3-5-14)19(30)25-16(20(31)32)6-7-33-11-29/h2-5,8-9,16,29H,6-7,10-11H2,1H3,(H,25,30)(H,31,32)(H4,22,23,24,26,27). The first-order chi connectivity index (χ1) is 15.8. The molecule has 1 atom stereocenters. The van der Waals surface area contributed by atoms with Gasteiger partial charge in [-0.05, 0) is 35.9 Å². The minimum absolute atomic E-state index is 0.00622. The van der Waals surface area contributed by atoms with Crippen LogP contribution >= 0.6 is 0 Å². The summed E-state index contributed by atoms with van der Waals surface area (Å²) in [6.45, 7) is -0.00314. The maximum atomic E-state index is 12.4. The molecule has 1 amide bonds. The Morgan fingerprint density at radius 3 is 2.61 bits per heavy atom. The Bertz CT molecular complexity index is 1140. The monoisotopic (exact) mass is 455 g/mol. The fraction of sp³-hybridized carbons (Fsp3) is 0.286. The number of nitrogens with zero attached hydrogens (tertiary/aromatic N) is 4. The van der Waals surface area contributed by atoms with Gasteiger partial charge in [0.25, 0.3) is 5.91 Å². The number of nitrogens with one attached hydrogen (secondary N) is 1. The molecule has 0 bridgehead atoms. The first-order valence-electron chi connectivity index (χ1n) is 9.99. The summed E-state index contributed by atoms with van der Waals surface area (Å²) < 4.78 is 4.74. The van der Waals surface area contributed by atoms with Crippen molar-refractivity contribution >= 4 is 40.4 Å². The largest absolute Gasteiger partial charge is 0.480 e. The van der Waals surface area contributed by atoms with Crippen molar-refractivity contribution in [1.29, 1.82) is 0 Å². The molecule has 2 heterocycles. The number of fused-ring (bicyclic) bond motifs is 1. The third kappa shape index (κ3) is 6.02. The van der Waals surface area contributed by atoms with Crippen molar-refractivity contribution in [1.82, 2.24) is 20.3 Å². The highest BCUT2D eigenvalue weighted by Crippen LogP contribution is 2.21. The summed E-state index contributed by atoms with van der Waals surface area (Å²) in [5.74, 6) is -1.38. The van der Waals surface area contributed by atoms with Crippen molar-refractivity contribution in [3.05, 3.63) is 47.7 Å². The third-order valence-electron chi connectivity index (χ3n) is 4.89. The molecule has 33 heavy (non-hydrogen) atoms. The van der Waals surface area contributed by atoms with E-state index in [0.717, 1.165) is 11.3 Å². The summed E-state index contributed by atoms with van der Waals surface area (Å²) in [5.41, 5.74) is 14.0. The number of aliphatic carboxylic acids is 1. The predicted molar refractivity (Wildman–Crippen MR) is 121 cm³/mol. The lowest BCUT2D eigenvalue weighted by Gasteiger charge is -2.20. The topological polar surface area (TPSA) is 190 Å². The van der Waals surface area contributed by atoms with Gasteiger partial charge < -0.3 is 36.6 Å². The lowest BCUT2D eigenvalue weighted by atomic mass is 10.1. The highest BCUT2D eigenvalue weighted by Gasteiger charge is 2.20. The Labute approximate surface area is 189 Å². The first-order valence-corrected chi connectivity index (χ1v) is 9.99. The number of amides is 1. The smallest absolute Gasteiger partial charge is 0.326 e. The lowest BCUT2D eigenvalue weighted by Crippen LogP contribution is -2.41. The molecule has 2 aromatic heterocycles. The summed E-state index contributed by atoms with van der Waals surface area (Å²) in [4.78, 5) is 38.0. The molecule has 3 rings (SSSR count). The predicted octanol–water partition coefficient (Wildman–Crippen LogP) is 0.365. The van der Waals surface area contributed by atoms with Gasteiger partial charge >= 0.3 is 5.97 Å². The normalized spacial score (nSPS) is 11.8. The molecule has 1 aromatic carbocycles. The van der Waals surface area contributed by atoms with Gasteiger partial charge in [0, 0.05) is 37.5 Å². The SMILES string of the molecule is CN(Cc1cnc2nc(N)nc(N)c2c1)c1ccc(C(=O)NC(CCOCO)C(=O)O)cc1. The van der Waals surface area contributed by atoms with Gasteiger partial charge in [0.05, 0.1) is 12.0 Å². The molecular formula is C21H25N7O5. The Morgan fingerprint density at radius 1 is 1.21 bits per heavy atom. The minimum atomic E-state index is -1.18. The van der Waals surface area contributed by atoms with E-state index in [1.807, 2.05) is 18.0 Å². The Balaban J connectivity index is 1.66. The molecule has 0 aliphatic carbocycles. The highest BCUT2D eigenvalue weighted by atomic mass is 16.6. The number of nitrogen functional groups attached to an aromatic ring is 2. The van der Waals surface area contributed by atoms with E-state index in [9.17, 15) is 14.7 Å². The number of ether oxygens (including phenoxy) is 1. The van der Waals surface area contributed by atoms with Crippen molar-refractivity contribution in [2.75, 3.05) is 36.8 Å². The van der Waals surface area contributed by atoms with E-state index < -0.39 is 24.7 Å². The van der Waals surface area contributed by atoms with Crippen LogP contribution in [0, 0.1) is 0 Å². The number of benzene rings is 1. The number of nitrogens with two attached hydrogens (primary N) is 2. The van der Waals surface area contributed by atoms with E-state index in [1.165, 1.54) is 0 Å². The van der Waals surface area contributed by atoms with Crippen molar-refractivity contribution in [3.63, 3.8) is 0 Å². The minimum Gasteiger partial charge on any atom is -0.480 e. The molecule has 0 spiro atoms. The molecule has 7 N–H and O–H groups in total. The number of carboxylic acids is 1. The molecular weight excluding hydrogens is 430 g/mol. The average molecular weight is 455 g/mol. The van der Waals surface area contributed by atoms with Gasteiger partial charge in [-0.15, -0.1) is 0 Å². The van der Waals surface area contributed by atoms with Gasteiger partial charge in [-0.1, -0.05) is 0 Å². The Morgan fingerprint density at radius 2 is 1.94 bits per heavy atom. The number of anilines is 3. The van der Waals surface area contributed by atoms with Gasteiger partial charge in [-0.3, -0.25) is 4.79 Å². The number of pyridine rings is 1. The number of rotatable bonds is 10. The molecule has 1 unspecified atom stereocenters. The second-order valence-corrected chi connectivity index (χ2v) is 7.28. The fourth-order valence-corrected chi connectivity index (χ4v) is 3.18. The Kier molecular flexibility index (Phi) is 7.53.